The fraction of sp³-hybridized carbons (Fsp3) is 0.308. The molecule has 196 valence electrons. The third kappa shape index (κ3) is 6.42. The summed E-state index contributed by atoms with van der Waals surface area (Å²) < 4.78 is 22.8. The molecule has 3 amide bonds. The van der Waals surface area contributed by atoms with Gasteiger partial charge in [-0.05, 0) is 67.2 Å². The molecule has 1 aromatic heterocycles. The number of hydrogen-bond donors (Lipinski definition) is 3. The summed E-state index contributed by atoms with van der Waals surface area (Å²) in [6.07, 6.45) is 0.643. The molecule has 0 radical (unpaired) electrons. The third-order valence-electron chi connectivity index (χ3n) is 6.02. The molecule has 0 saturated heterocycles. The zero-order valence-corrected chi connectivity index (χ0v) is 21.9. The first-order valence-corrected chi connectivity index (χ1v) is 12.3. The van der Waals surface area contributed by atoms with E-state index in [1.807, 2.05) is 20.8 Å². The molecule has 37 heavy (non-hydrogen) atoms. The quantitative estimate of drug-likeness (QED) is 0.368. The number of carbonyl (C=O) groups is 3. The second-order valence-corrected chi connectivity index (χ2v) is 9.87. The second kappa shape index (κ2) is 11.4. The molecule has 0 aliphatic rings. The number of halogens is 1. The number of primary amides is 1. The number of carbonyl (C=O) groups excluding carboxylic acids is 3. The minimum Gasteiger partial charge on any atom is -0.497 e. The van der Waals surface area contributed by atoms with Gasteiger partial charge in [0.25, 0.3) is 11.8 Å². The van der Waals surface area contributed by atoms with Crippen molar-refractivity contribution in [2.75, 3.05) is 12.8 Å². The van der Waals surface area contributed by atoms with Crippen molar-refractivity contribution in [3.8, 4) is 5.75 Å². The zero-order chi connectivity index (χ0) is 27.3. The first-order valence-electron chi connectivity index (χ1n) is 11.5. The number of nitrogens with one attached hydrogen (secondary N) is 1. The van der Waals surface area contributed by atoms with E-state index in [0.29, 0.717) is 23.3 Å². The van der Waals surface area contributed by atoms with Crippen molar-refractivity contribution in [1.82, 2.24) is 14.6 Å². The molecule has 5 N–H and O–H groups in total. The number of anilines is 1. The van der Waals surface area contributed by atoms with Crippen molar-refractivity contribution in [3.05, 3.63) is 76.0 Å². The van der Waals surface area contributed by atoms with Crippen LogP contribution in [-0.4, -0.2) is 39.6 Å². The fourth-order valence-electron chi connectivity index (χ4n) is 3.58. The van der Waals surface area contributed by atoms with Crippen LogP contribution in [0.2, 0.25) is 0 Å². The Labute approximate surface area is 218 Å². The molecule has 9 nitrogen and oxygen atoms in total. The molecule has 0 saturated carbocycles. The molecular formula is C26H30FN5O4S. The highest BCUT2D eigenvalue weighted by Gasteiger charge is 2.36. The molecule has 3 rings (SSSR count). The largest absolute Gasteiger partial charge is 0.497 e. The van der Waals surface area contributed by atoms with E-state index < -0.39 is 35.1 Å². The van der Waals surface area contributed by atoms with Crippen molar-refractivity contribution < 1.29 is 23.5 Å². The highest BCUT2D eigenvalue weighted by atomic mass is 32.1. The lowest BCUT2D eigenvalue weighted by atomic mass is 9.98. The van der Waals surface area contributed by atoms with Gasteiger partial charge in [-0.1, -0.05) is 31.2 Å². The van der Waals surface area contributed by atoms with Crippen molar-refractivity contribution in [3.63, 3.8) is 0 Å². The first-order chi connectivity index (χ1) is 17.5. The minimum atomic E-state index is -1.10. The molecule has 0 fully saturated rings. The molecular weight excluding hydrogens is 497 g/mol. The summed E-state index contributed by atoms with van der Waals surface area (Å²) in [5.74, 6) is -1.78. The molecule has 0 spiro atoms. The zero-order valence-electron chi connectivity index (χ0n) is 21.1. The van der Waals surface area contributed by atoms with Crippen LogP contribution in [0.25, 0.3) is 0 Å². The average Bonchev–Trinajstić information content (AvgIpc) is 3.26. The number of amides is 3. The van der Waals surface area contributed by atoms with Crippen LogP contribution in [0.15, 0.2) is 48.5 Å². The van der Waals surface area contributed by atoms with Gasteiger partial charge in [-0.25, -0.2) is 4.39 Å². The molecule has 0 aliphatic carbocycles. The second-order valence-electron chi connectivity index (χ2n) is 9.10. The normalized spacial score (nSPS) is 12.0. The monoisotopic (exact) mass is 527 g/mol. The number of benzene rings is 2. The number of rotatable bonds is 10. The van der Waals surface area contributed by atoms with Gasteiger partial charge in [-0.15, -0.1) is 0 Å². The average molecular weight is 528 g/mol. The maximum Gasteiger partial charge on any atom is 0.270 e. The lowest BCUT2D eigenvalue weighted by molar-refractivity contribution is -0.127. The summed E-state index contributed by atoms with van der Waals surface area (Å²) in [6, 6.07) is 11.3. The van der Waals surface area contributed by atoms with Crippen LogP contribution < -0.4 is 21.5 Å². The first kappa shape index (κ1) is 27.6. The van der Waals surface area contributed by atoms with E-state index in [4.69, 9.17) is 16.2 Å². The molecule has 1 atom stereocenters. The highest BCUT2D eigenvalue weighted by molar-refractivity contribution is 7.09. The lowest BCUT2D eigenvalue weighted by Gasteiger charge is -2.34. The maximum atomic E-state index is 13.9. The summed E-state index contributed by atoms with van der Waals surface area (Å²) in [6.45, 7) is 5.64. The standard InChI is InChI=1S/C26H30FN5O4S/c1-5-26(2,3)30-24(34)21(16-8-12-18(36-4)13-9-16)32(14-15-6-10-17(27)11-7-15)25(35)22-19(28)20(23(29)33)31-37-22/h6-13,21H,5,14,28H2,1-4H3,(H2,29,33)(H,30,34). The number of ether oxygens (including phenoxy) is 1. The SMILES string of the molecule is CCC(C)(C)NC(=O)C(c1ccc(OC)cc1)N(Cc1ccc(F)cc1)C(=O)c1snc(C(N)=O)c1N. The molecule has 2 aromatic carbocycles. The molecule has 0 bridgehead atoms. The smallest absolute Gasteiger partial charge is 0.270 e. The number of nitrogens with two attached hydrogens (primary N) is 2. The van der Waals surface area contributed by atoms with Gasteiger partial charge in [0.1, 0.15) is 22.5 Å². The van der Waals surface area contributed by atoms with E-state index in [9.17, 15) is 18.8 Å². The van der Waals surface area contributed by atoms with E-state index in [2.05, 4.69) is 9.69 Å². The topological polar surface area (TPSA) is 141 Å². The Balaban J connectivity index is 2.16. The van der Waals surface area contributed by atoms with Crippen molar-refractivity contribution in [2.45, 2.75) is 45.3 Å². The number of nitrogen functional groups attached to an aromatic ring is 1. The Bertz CT molecular complexity index is 1280. The van der Waals surface area contributed by atoms with Crippen molar-refractivity contribution in [1.29, 1.82) is 0 Å². The Morgan fingerprint density at radius 3 is 2.27 bits per heavy atom. The van der Waals surface area contributed by atoms with Crippen LogP contribution in [0.4, 0.5) is 10.1 Å². The maximum absolute atomic E-state index is 13.9. The van der Waals surface area contributed by atoms with Crippen LogP contribution in [0, 0.1) is 5.82 Å². The van der Waals surface area contributed by atoms with Gasteiger partial charge in [-0.2, -0.15) is 4.37 Å². The number of hydrogen-bond acceptors (Lipinski definition) is 7. The summed E-state index contributed by atoms with van der Waals surface area (Å²) in [5.41, 5.74) is 11.6. The Morgan fingerprint density at radius 1 is 1.14 bits per heavy atom. The molecule has 1 heterocycles. The number of methoxy groups -OCH3 is 1. The third-order valence-corrected chi connectivity index (χ3v) is 6.87. The Hall–Kier alpha value is -3.99. The molecule has 0 aliphatic heterocycles. The Kier molecular flexibility index (Phi) is 8.49. The minimum absolute atomic E-state index is 0.0306. The van der Waals surface area contributed by atoms with Gasteiger partial charge in [-0.3, -0.25) is 14.4 Å². The van der Waals surface area contributed by atoms with Gasteiger partial charge in [0.15, 0.2) is 5.69 Å². The van der Waals surface area contributed by atoms with Crippen molar-refractivity contribution >= 4 is 34.9 Å². The lowest BCUT2D eigenvalue weighted by Crippen LogP contribution is -2.50. The molecule has 1 unspecified atom stereocenters. The number of nitrogens with zero attached hydrogens (tertiary/aromatic N) is 2. The summed E-state index contributed by atoms with van der Waals surface area (Å²) >= 11 is 0.723. The Morgan fingerprint density at radius 2 is 1.76 bits per heavy atom. The van der Waals surface area contributed by atoms with Crippen LogP contribution >= 0.6 is 11.5 Å². The summed E-state index contributed by atoms with van der Waals surface area (Å²) in [4.78, 5) is 40.7. The predicted octanol–water partition coefficient (Wildman–Crippen LogP) is 3.66. The number of aromatic nitrogens is 1. The highest BCUT2D eigenvalue weighted by Crippen LogP contribution is 2.31. The van der Waals surface area contributed by atoms with E-state index in [1.165, 1.54) is 36.3 Å². The summed E-state index contributed by atoms with van der Waals surface area (Å²) in [5, 5.41) is 3.01. The van der Waals surface area contributed by atoms with E-state index >= 15 is 0 Å². The van der Waals surface area contributed by atoms with E-state index in [-0.39, 0.29) is 22.8 Å². The molecule has 11 heteroatoms. The van der Waals surface area contributed by atoms with Gasteiger partial charge in [0.2, 0.25) is 5.91 Å². The predicted molar refractivity (Wildman–Crippen MR) is 140 cm³/mol. The van der Waals surface area contributed by atoms with Gasteiger partial charge in [0.05, 0.1) is 12.8 Å². The van der Waals surface area contributed by atoms with E-state index in [0.717, 1.165) is 11.5 Å². The van der Waals surface area contributed by atoms with Crippen LogP contribution in [0.1, 0.15) is 64.5 Å². The van der Waals surface area contributed by atoms with Gasteiger partial charge in [0, 0.05) is 12.1 Å². The fourth-order valence-corrected chi connectivity index (χ4v) is 4.34. The van der Waals surface area contributed by atoms with Gasteiger partial charge < -0.3 is 26.4 Å². The van der Waals surface area contributed by atoms with Gasteiger partial charge >= 0.3 is 0 Å². The van der Waals surface area contributed by atoms with Crippen LogP contribution in [0.5, 0.6) is 5.75 Å². The van der Waals surface area contributed by atoms with Crippen LogP contribution in [-0.2, 0) is 11.3 Å². The molecule has 3 aromatic rings. The van der Waals surface area contributed by atoms with Crippen LogP contribution in [0.3, 0.4) is 0 Å². The summed E-state index contributed by atoms with van der Waals surface area (Å²) in [7, 11) is 1.52. The van der Waals surface area contributed by atoms with E-state index in [1.54, 1.807) is 24.3 Å². The van der Waals surface area contributed by atoms with Crippen molar-refractivity contribution in [2.24, 2.45) is 5.73 Å².